The third-order valence-corrected chi connectivity index (χ3v) is 8.19. The van der Waals surface area contributed by atoms with Crippen molar-refractivity contribution in [2.75, 3.05) is 0 Å². The number of aliphatic hydroxyl groups is 3. The van der Waals surface area contributed by atoms with Gasteiger partial charge in [-0.25, -0.2) is 0 Å². The van der Waals surface area contributed by atoms with Crippen LogP contribution in [-0.4, -0.2) is 33.1 Å². The van der Waals surface area contributed by atoms with E-state index in [1.54, 1.807) is 0 Å². The number of hydrogen-bond donors (Lipinski definition) is 3. The Morgan fingerprint density at radius 3 is 2.80 bits per heavy atom. The topological polar surface area (TPSA) is 60.7 Å². The van der Waals surface area contributed by atoms with E-state index in [0.29, 0.717) is 49.0 Å². The minimum atomic E-state index is -2.96. The molecule has 3 saturated carbocycles. The van der Waals surface area contributed by atoms with Crippen LogP contribution in [0.25, 0.3) is 0 Å². The second-order valence-electron chi connectivity index (χ2n) is 10.4. The molecule has 0 amide bonds. The lowest BCUT2D eigenvalue weighted by molar-refractivity contribution is 0.0596. The maximum Gasteiger partial charge on any atom is 0.0811 e. The first-order valence-electron chi connectivity index (χ1n) is 14.7. The van der Waals surface area contributed by atoms with Crippen LogP contribution in [0, 0.1) is 23.2 Å². The predicted octanol–water partition coefficient (Wildman–Crippen LogP) is 5.70. The van der Waals surface area contributed by atoms with E-state index >= 15 is 0 Å². The molecule has 0 spiro atoms. The van der Waals surface area contributed by atoms with Crippen molar-refractivity contribution >= 4 is 0 Å². The molecule has 6 atom stereocenters. The van der Waals surface area contributed by atoms with Gasteiger partial charge in [-0.05, 0) is 93.0 Å². The molecule has 0 radical (unpaired) electrons. The van der Waals surface area contributed by atoms with Crippen molar-refractivity contribution in [2.45, 2.75) is 110 Å². The number of allylic oxidation sites excluding steroid dienone is 3. The Morgan fingerprint density at radius 1 is 1.30 bits per heavy atom. The summed E-state index contributed by atoms with van der Waals surface area (Å²) in [5.74, 6) is 1.18. The molecule has 0 aliphatic heterocycles. The van der Waals surface area contributed by atoms with Crippen LogP contribution in [0.2, 0.25) is 0 Å². The summed E-state index contributed by atoms with van der Waals surface area (Å²) >= 11 is 0. The molecule has 170 valence electrons. The molecule has 0 unspecified atom stereocenters. The highest BCUT2D eigenvalue weighted by molar-refractivity contribution is 5.38. The summed E-state index contributed by atoms with van der Waals surface area (Å²) in [6.45, 7) is 2.64. The number of rotatable bonds is 6. The van der Waals surface area contributed by atoms with Gasteiger partial charge in [0.2, 0.25) is 0 Å². The Kier molecular flexibility index (Phi) is 5.18. The van der Waals surface area contributed by atoms with E-state index in [-0.39, 0.29) is 11.8 Å². The zero-order valence-corrected chi connectivity index (χ0v) is 18.7. The molecule has 0 aromatic heterocycles. The van der Waals surface area contributed by atoms with E-state index in [0.717, 1.165) is 37.7 Å². The van der Waals surface area contributed by atoms with Gasteiger partial charge in [0.15, 0.2) is 0 Å². The molecular weight excluding hydrogens is 372 g/mol. The molecule has 3 nitrogen and oxygen atoms in total. The monoisotopic (exact) mass is 422 g/mol. The lowest BCUT2D eigenvalue weighted by atomic mass is 9.60. The van der Waals surface area contributed by atoms with Crippen molar-refractivity contribution in [3.05, 3.63) is 35.5 Å². The van der Waals surface area contributed by atoms with Gasteiger partial charge in [0.1, 0.15) is 0 Å². The lowest BCUT2D eigenvalue weighted by Gasteiger charge is -2.44. The molecule has 3 N–H and O–H groups in total. The molecular formula is C27H44O3. The zero-order chi connectivity index (χ0) is 27.1. The highest BCUT2D eigenvalue weighted by atomic mass is 16.3. The summed E-state index contributed by atoms with van der Waals surface area (Å²) in [6.07, 6.45) is 10.0. The first kappa shape index (κ1) is 16.7. The second-order valence-corrected chi connectivity index (χ2v) is 10.4. The Balaban J connectivity index is 1.69. The molecule has 0 bridgehead atoms. The van der Waals surface area contributed by atoms with Crippen LogP contribution in [0.1, 0.15) is 100.0 Å². The number of hydrogen-bond acceptors (Lipinski definition) is 3. The van der Waals surface area contributed by atoms with Gasteiger partial charge in [-0.1, -0.05) is 51.0 Å². The fraction of sp³-hybridized carbons (Fsp3) is 0.778. The van der Waals surface area contributed by atoms with E-state index in [2.05, 4.69) is 26.5 Å². The molecule has 3 heteroatoms. The number of fused-ring (bicyclic) bond motifs is 1. The summed E-state index contributed by atoms with van der Waals surface area (Å²) < 4.78 is 45.6. The Bertz CT molecular complexity index is 860. The third kappa shape index (κ3) is 5.29. The molecule has 3 aliphatic carbocycles. The third-order valence-electron chi connectivity index (χ3n) is 8.19. The minimum absolute atomic E-state index is 0.120. The highest BCUT2D eigenvalue weighted by Gasteiger charge is 2.50. The van der Waals surface area contributed by atoms with E-state index in [4.69, 9.17) is 8.22 Å². The fourth-order valence-electron chi connectivity index (χ4n) is 6.56. The van der Waals surface area contributed by atoms with Crippen molar-refractivity contribution < 1.29 is 23.5 Å². The first-order chi connectivity index (χ1) is 16.5. The van der Waals surface area contributed by atoms with Crippen LogP contribution in [0.15, 0.2) is 35.5 Å². The normalized spacial score (nSPS) is 42.6. The van der Waals surface area contributed by atoms with Crippen LogP contribution in [0.5, 0.6) is 0 Å². The van der Waals surface area contributed by atoms with Crippen molar-refractivity contribution in [2.24, 2.45) is 23.2 Å². The van der Waals surface area contributed by atoms with E-state index in [9.17, 15) is 15.3 Å². The van der Waals surface area contributed by atoms with Crippen molar-refractivity contribution in [3.8, 4) is 0 Å². The summed E-state index contributed by atoms with van der Waals surface area (Å²) in [4.78, 5) is 0. The second kappa shape index (κ2) is 9.30. The van der Waals surface area contributed by atoms with Crippen molar-refractivity contribution in [3.63, 3.8) is 0 Å². The van der Waals surface area contributed by atoms with Gasteiger partial charge in [0, 0.05) is 14.6 Å². The quantitative estimate of drug-likeness (QED) is 0.514. The summed E-state index contributed by atoms with van der Waals surface area (Å²) in [7, 11) is 0. The first-order valence-corrected chi connectivity index (χ1v) is 11.7. The zero-order valence-electron chi connectivity index (χ0n) is 24.7. The average molecular weight is 423 g/mol. The van der Waals surface area contributed by atoms with Crippen LogP contribution >= 0.6 is 0 Å². The number of aliphatic hydroxyl groups excluding tert-OH is 2. The van der Waals surface area contributed by atoms with Gasteiger partial charge in [-0.2, -0.15) is 0 Å². The maximum atomic E-state index is 10.6. The fourth-order valence-corrected chi connectivity index (χ4v) is 6.56. The minimum Gasteiger partial charge on any atom is -0.393 e. The van der Waals surface area contributed by atoms with Gasteiger partial charge < -0.3 is 15.3 Å². The van der Waals surface area contributed by atoms with Gasteiger partial charge in [0.05, 0.1) is 17.8 Å². The summed E-state index contributed by atoms with van der Waals surface area (Å²) in [5, 5.41) is 30.8. The van der Waals surface area contributed by atoms with Gasteiger partial charge in [-0.3, -0.25) is 0 Å². The summed E-state index contributed by atoms with van der Waals surface area (Å²) in [6, 6.07) is 0. The Morgan fingerprint density at radius 2 is 2.07 bits per heavy atom. The highest BCUT2D eigenvalue weighted by Crippen LogP contribution is 2.60. The van der Waals surface area contributed by atoms with E-state index < -0.39 is 31.5 Å². The molecule has 30 heavy (non-hydrogen) atoms. The average Bonchev–Trinajstić information content (AvgIpc) is 3.11. The standard InChI is InChI=1S/C27H44O3/c1-18(8-6-14-26(3,4)30)23-12-13-24-20(9-7-15-27(23,24)5)10-11-21-16-22(28)17-25(29)19(21)2/h10-11,18,22-25,28-30H,2,6-9,12-17H2,1,3-5H3/t18-,22-,23-,24+,25+,27-/m1/s1/i3D3,4D3. The predicted molar refractivity (Wildman–Crippen MR) is 124 cm³/mol. The molecule has 0 aromatic rings. The Hall–Kier alpha value is -0.900. The summed E-state index contributed by atoms with van der Waals surface area (Å²) in [5.41, 5.74) is 0.463. The maximum absolute atomic E-state index is 10.6. The van der Waals surface area contributed by atoms with Gasteiger partial charge in [-0.15, -0.1) is 0 Å². The Labute approximate surface area is 192 Å². The van der Waals surface area contributed by atoms with Gasteiger partial charge >= 0.3 is 0 Å². The SMILES string of the molecule is [2H]C([2H])([2H])C(O)(CCC[C@@H](C)[C@H]1CC[C@H]2C(=CC=C3C[C@@H](O)C[C@H](O)C3=C)CCC[C@]12C)C([2H])([2H])[2H]. The van der Waals surface area contributed by atoms with Crippen LogP contribution in [-0.2, 0) is 0 Å². The molecule has 3 aliphatic rings. The largest absolute Gasteiger partial charge is 0.393 e. The molecule has 0 aromatic carbocycles. The lowest BCUT2D eigenvalue weighted by Crippen LogP contribution is -2.36. The van der Waals surface area contributed by atoms with Crippen LogP contribution in [0.3, 0.4) is 0 Å². The molecule has 3 rings (SSSR count). The van der Waals surface area contributed by atoms with E-state index in [1.165, 1.54) is 5.57 Å². The van der Waals surface area contributed by atoms with Crippen LogP contribution in [0.4, 0.5) is 0 Å². The van der Waals surface area contributed by atoms with Crippen molar-refractivity contribution in [1.29, 1.82) is 0 Å². The molecule has 0 heterocycles. The van der Waals surface area contributed by atoms with Crippen molar-refractivity contribution in [1.82, 2.24) is 0 Å². The smallest absolute Gasteiger partial charge is 0.0811 e. The van der Waals surface area contributed by atoms with E-state index in [1.807, 2.05) is 6.08 Å². The molecule has 0 saturated heterocycles. The van der Waals surface area contributed by atoms with Crippen LogP contribution < -0.4 is 0 Å². The molecule has 3 fully saturated rings. The van der Waals surface area contributed by atoms with Gasteiger partial charge in [0.25, 0.3) is 0 Å².